The highest BCUT2D eigenvalue weighted by molar-refractivity contribution is 5.88. The van der Waals surface area contributed by atoms with Crippen LogP contribution in [0, 0.1) is 6.92 Å². The number of hydrogen-bond acceptors (Lipinski definition) is 5. The first-order chi connectivity index (χ1) is 15.0. The molecule has 2 amide bonds. The molecule has 0 radical (unpaired) electrons. The first kappa shape index (κ1) is 20.8. The van der Waals surface area contributed by atoms with Gasteiger partial charge in [0.1, 0.15) is 0 Å². The third kappa shape index (κ3) is 5.17. The number of nitrogens with zero attached hydrogens (tertiary/aromatic N) is 3. The van der Waals surface area contributed by atoms with Gasteiger partial charge < -0.3 is 14.7 Å². The minimum Gasteiger partial charge on any atom is -0.342 e. The Balaban J connectivity index is 1.40. The fourth-order valence-corrected chi connectivity index (χ4v) is 3.82. The van der Waals surface area contributed by atoms with E-state index in [2.05, 4.69) is 15.5 Å². The summed E-state index contributed by atoms with van der Waals surface area (Å²) in [4.78, 5) is 30.4. The zero-order valence-electron chi connectivity index (χ0n) is 17.8. The van der Waals surface area contributed by atoms with Gasteiger partial charge in [-0.1, -0.05) is 35.0 Å². The van der Waals surface area contributed by atoms with Crippen LogP contribution in [0.4, 0.5) is 5.69 Å². The van der Waals surface area contributed by atoms with Gasteiger partial charge in [-0.15, -0.1) is 0 Å². The normalized spacial score (nSPS) is 16.2. The molecule has 7 nitrogen and oxygen atoms in total. The summed E-state index contributed by atoms with van der Waals surface area (Å²) in [7, 11) is 0. The lowest BCUT2D eigenvalue weighted by Crippen LogP contribution is -2.40. The zero-order chi connectivity index (χ0) is 21.8. The molecule has 0 unspecified atom stereocenters. The summed E-state index contributed by atoms with van der Waals surface area (Å²) in [5.41, 5.74) is 3.74. The Kier molecular flexibility index (Phi) is 6.11. The van der Waals surface area contributed by atoms with Gasteiger partial charge in [0.15, 0.2) is 0 Å². The second kappa shape index (κ2) is 9.12. The summed E-state index contributed by atoms with van der Waals surface area (Å²) in [5, 5.41) is 6.86. The van der Waals surface area contributed by atoms with E-state index in [4.69, 9.17) is 4.52 Å². The molecule has 160 valence electrons. The van der Waals surface area contributed by atoms with Gasteiger partial charge in [-0.05, 0) is 49.6 Å². The van der Waals surface area contributed by atoms with Gasteiger partial charge in [0.25, 0.3) is 0 Å². The van der Waals surface area contributed by atoms with Crippen LogP contribution in [0.25, 0.3) is 11.4 Å². The van der Waals surface area contributed by atoms with Crippen molar-refractivity contribution in [2.75, 3.05) is 18.4 Å². The molecule has 0 aliphatic carbocycles. The number of anilines is 1. The Bertz CT molecular complexity index is 1060. The average molecular weight is 418 g/mol. The number of aromatic nitrogens is 2. The van der Waals surface area contributed by atoms with Crippen molar-refractivity contribution in [1.82, 2.24) is 15.0 Å². The van der Waals surface area contributed by atoms with E-state index in [0.29, 0.717) is 24.7 Å². The molecular formula is C24H26N4O3. The van der Waals surface area contributed by atoms with Gasteiger partial charge in [0.2, 0.25) is 23.5 Å². The van der Waals surface area contributed by atoms with Crippen LogP contribution in [-0.4, -0.2) is 39.9 Å². The first-order valence-corrected chi connectivity index (χ1v) is 10.5. The topological polar surface area (TPSA) is 88.3 Å². The molecule has 0 saturated carbocycles. The smallest absolute Gasteiger partial charge is 0.231 e. The van der Waals surface area contributed by atoms with E-state index in [1.165, 1.54) is 12.5 Å². The Morgan fingerprint density at radius 2 is 1.87 bits per heavy atom. The maximum absolute atomic E-state index is 12.8. The molecule has 2 heterocycles. The molecular weight excluding hydrogens is 392 g/mol. The molecule has 1 aromatic heterocycles. The van der Waals surface area contributed by atoms with Crippen molar-refractivity contribution >= 4 is 17.5 Å². The monoisotopic (exact) mass is 418 g/mol. The number of hydrogen-bond donors (Lipinski definition) is 1. The highest BCUT2D eigenvalue weighted by Crippen LogP contribution is 2.28. The number of rotatable bonds is 5. The molecule has 1 saturated heterocycles. The molecule has 1 atom stereocenters. The van der Waals surface area contributed by atoms with Crippen molar-refractivity contribution < 1.29 is 14.1 Å². The van der Waals surface area contributed by atoms with Crippen molar-refractivity contribution in [3.05, 3.63) is 65.5 Å². The van der Waals surface area contributed by atoms with Crippen molar-refractivity contribution in [2.45, 2.75) is 39.0 Å². The number of benzene rings is 2. The van der Waals surface area contributed by atoms with Crippen LogP contribution in [0.1, 0.15) is 42.7 Å². The lowest BCUT2D eigenvalue weighted by atomic mass is 9.97. The number of aryl methyl sites for hydroxylation is 1. The summed E-state index contributed by atoms with van der Waals surface area (Å²) >= 11 is 0. The van der Waals surface area contributed by atoms with E-state index in [0.717, 1.165) is 36.2 Å². The fourth-order valence-electron chi connectivity index (χ4n) is 3.82. The zero-order valence-corrected chi connectivity index (χ0v) is 17.8. The number of carbonyl (C=O) groups excluding carboxylic acids is 2. The summed E-state index contributed by atoms with van der Waals surface area (Å²) in [6.07, 6.45) is 2.23. The third-order valence-corrected chi connectivity index (χ3v) is 5.50. The standard InChI is InChI=1S/C24H26N4O3/c1-16-5-7-18(8-6-16)14-22(30)28-13-3-4-20(15-28)24-26-23(27-31-24)19-9-11-21(12-10-19)25-17(2)29/h5-12,20H,3-4,13-15H2,1-2H3,(H,25,29)/t20-/m1/s1. The number of amides is 2. The Morgan fingerprint density at radius 3 is 2.58 bits per heavy atom. The largest absolute Gasteiger partial charge is 0.342 e. The number of likely N-dealkylation sites (tertiary alicyclic amines) is 1. The van der Waals surface area contributed by atoms with Crippen molar-refractivity contribution in [2.24, 2.45) is 0 Å². The quantitative estimate of drug-likeness (QED) is 0.678. The molecule has 1 aliphatic heterocycles. The van der Waals surface area contributed by atoms with Crippen LogP contribution in [0.5, 0.6) is 0 Å². The van der Waals surface area contributed by atoms with Gasteiger partial charge in [0.05, 0.1) is 12.3 Å². The molecule has 4 rings (SSSR count). The van der Waals surface area contributed by atoms with Gasteiger partial charge in [-0.2, -0.15) is 4.98 Å². The lowest BCUT2D eigenvalue weighted by molar-refractivity contribution is -0.131. The number of nitrogens with one attached hydrogen (secondary N) is 1. The lowest BCUT2D eigenvalue weighted by Gasteiger charge is -2.31. The summed E-state index contributed by atoms with van der Waals surface area (Å²) in [6.45, 7) is 4.86. The summed E-state index contributed by atoms with van der Waals surface area (Å²) in [6, 6.07) is 15.4. The maximum Gasteiger partial charge on any atom is 0.231 e. The van der Waals surface area contributed by atoms with E-state index in [9.17, 15) is 9.59 Å². The highest BCUT2D eigenvalue weighted by Gasteiger charge is 2.28. The molecule has 31 heavy (non-hydrogen) atoms. The summed E-state index contributed by atoms with van der Waals surface area (Å²) < 4.78 is 5.54. The predicted molar refractivity (Wildman–Crippen MR) is 117 cm³/mol. The molecule has 1 aliphatic rings. The average Bonchev–Trinajstić information content (AvgIpc) is 3.26. The molecule has 7 heteroatoms. The van der Waals surface area contributed by atoms with Gasteiger partial charge in [-0.3, -0.25) is 9.59 Å². The molecule has 3 aromatic rings. The van der Waals surface area contributed by atoms with E-state index >= 15 is 0 Å². The number of piperidine rings is 1. The van der Waals surface area contributed by atoms with Crippen molar-refractivity contribution in [1.29, 1.82) is 0 Å². The second-order valence-corrected chi connectivity index (χ2v) is 8.06. The molecule has 1 N–H and O–H groups in total. The summed E-state index contributed by atoms with van der Waals surface area (Å²) in [5.74, 6) is 1.12. The van der Waals surface area contributed by atoms with Crippen LogP contribution in [-0.2, 0) is 16.0 Å². The second-order valence-electron chi connectivity index (χ2n) is 8.06. The van der Waals surface area contributed by atoms with Gasteiger partial charge in [0, 0.05) is 31.3 Å². The van der Waals surface area contributed by atoms with E-state index in [1.54, 1.807) is 12.1 Å². The van der Waals surface area contributed by atoms with Crippen molar-refractivity contribution in [3.63, 3.8) is 0 Å². The Labute approximate surface area is 181 Å². The molecule has 1 fully saturated rings. The van der Waals surface area contributed by atoms with Crippen LogP contribution in [0.15, 0.2) is 53.1 Å². The van der Waals surface area contributed by atoms with Crippen molar-refractivity contribution in [3.8, 4) is 11.4 Å². The van der Waals surface area contributed by atoms with Crippen LogP contribution in [0.2, 0.25) is 0 Å². The molecule has 2 aromatic carbocycles. The van der Waals surface area contributed by atoms with Gasteiger partial charge >= 0.3 is 0 Å². The molecule has 0 bridgehead atoms. The highest BCUT2D eigenvalue weighted by atomic mass is 16.5. The minimum absolute atomic E-state index is 0.0376. The minimum atomic E-state index is -0.117. The SMILES string of the molecule is CC(=O)Nc1ccc(-c2noc([C@@H]3CCCN(C(=O)Cc4ccc(C)cc4)C3)n2)cc1. The molecule has 0 spiro atoms. The maximum atomic E-state index is 12.8. The third-order valence-electron chi connectivity index (χ3n) is 5.50. The van der Waals surface area contributed by atoms with Crippen LogP contribution in [0.3, 0.4) is 0 Å². The predicted octanol–water partition coefficient (Wildman–Crippen LogP) is 3.95. The Hall–Kier alpha value is -3.48. The van der Waals surface area contributed by atoms with Crippen LogP contribution < -0.4 is 5.32 Å². The van der Waals surface area contributed by atoms with Crippen LogP contribution >= 0.6 is 0 Å². The van der Waals surface area contributed by atoms with E-state index in [1.807, 2.05) is 48.2 Å². The fraction of sp³-hybridized carbons (Fsp3) is 0.333. The van der Waals surface area contributed by atoms with E-state index in [-0.39, 0.29) is 17.7 Å². The Morgan fingerprint density at radius 1 is 1.13 bits per heavy atom. The van der Waals surface area contributed by atoms with Gasteiger partial charge in [-0.25, -0.2) is 0 Å². The van der Waals surface area contributed by atoms with E-state index < -0.39 is 0 Å². The number of carbonyl (C=O) groups is 2. The first-order valence-electron chi connectivity index (χ1n) is 10.5.